The van der Waals surface area contributed by atoms with Gasteiger partial charge in [0.05, 0.1) is 0 Å². The third-order valence-electron chi connectivity index (χ3n) is 4.14. The van der Waals surface area contributed by atoms with E-state index in [1.807, 2.05) is 0 Å². The maximum Gasteiger partial charge on any atom is 0.158 e. The molecule has 0 rings (SSSR count). The lowest BCUT2D eigenvalue weighted by atomic mass is 9.92. The van der Waals surface area contributed by atoms with Crippen LogP contribution in [0.4, 0.5) is 0 Å². The Hall–Kier alpha value is -0.160. The Kier molecular flexibility index (Phi) is 9.62. The van der Waals surface area contributed by atoms with E-state index in [0.717, 1.165) is 19.4 Å². The number of nitrogens with two attached hydrogens (primary N) is 1. The fourth-order valence-corrected chi connectivity index (χ4v) is 2.51. The van der Waals surface area contributed by atoms with Gasteiger partial charge in [0, 0.05) is 38.8 Å². The lowest BCUT2D eigenvalue weighted by Crippen LogP contribution is -2.57. The molecule has 0 spiro atoms. The van der Waals surface area contributed by atoms with Crippen molar-refractivity contribution in [3.63, 3.8) is 0 Å². The number of ether oxygens (including phenoxy) is 2. The highest BCUT2D eigenvalue weighted by Crippen LogP contribution is 2.26. The molecule has 116 valence electrons. The number of hydrogen-bond donors (Lipinski definition) is 1. The third-order valence-corrected chi connectivity index (χ3v) is 4.14. The molecule has 0 radical (unpaired) electrons. The summed E-state index contributed by atoms with van der Waals surface area (Å²) >= 11 is 0. The summed E-state index contributed by atoms with van der Waals surface area (Å²) in [7, 11) is 3.37. The van der Waals surface area contributed by atoms with E-state index in [2.05, 4.69) is 32.6 Å². The smallest absolute Gasteiger partial charge is 0.158 e. The minimum atomic E-state index is -0.193. The van der Waals surface area contributed by atoms with E-state index in [1.165, 1.54) is 12.8 Å². The zero-order chi connectivity index (χ0) is 14.9. The second kappa shape index (κ2) is 9.70. The molecule has 0 saturated heterocycles. The van der Waals surface area contributed by atoms with E-state index < -0.39 is 0 Å². The molecule has 0 aliphatic carbocycles. The molecule has 0 aliphatic heterocycles. The zero-order valence-corrected chi connectivity index (χ0v) is 13.7. The normalized spacial score (nSPS) is 16.9. The Balaban J connectivity index is 4.95. The average Bonchev–Trinajstić information content (AvgIpc) is 2.44. The summed E-state index contributed by atoms with van der Waals surface area (Å²) in [4.78, 5) is 2.53. The van der Waals surface area contributed by atoms with Crippen LogP contribution in [0.2, 0.25) is 0 Å². The Morgan fingerprint density at radius 2 is 1.79 bits per heavy atom. The summed E-state index contributed by atoms with van der Waals surface area (Å²) in [6.07, 6.45) is 4.13. The molecule has 0 aliphatic rings. The summed E-state index contributed by atoms with van der Waals surface area (Å²) in [5, 5.41) is 0. The lowest BCUT2D eigenvalue weighted by Gasteiger charge is -2.45. The summed E-state index contributed by atoms with van der Waals surface area (Å²) in [6, 6.07) is 0.523. The third kappa shape index (κ3) is 5.78. The molecule has 2 N–H and O–H groups in total. The predicted octanol–water partition coefficient (Wildman–Crippen LogP) is 2.61. The van der Waals surface area contributed by atoms with Crippen molar-refractivity contribution < 1.29 is 9.47 Å². The van der Waals surface area contributed by atoms with Crippen LogP contribution in [0.15, 0.2) is 0 Å². The maximum atomic E-state index is 6.08. The van der Waals surface area contributed by atoms with E-state index in [9.17, 15) is 0 Å². The quantitative estimate of drug-likeness (QED) is 0.588. The van der Waals surface area contributed by atoms with Crippen molar-refractivity contribution in [1.29, 1.82) is 0 Å². The minimum Gasteiger partial charge on any atom is -0.356 e. The second-order valence-corrected chi connectivity index (χ2v) is 5.61. The number of nitrogens with zero attached hydrogens (tertiary/aromatic N) is 1. The predicted molar refractivity (Wildman–Crippen MR) is 81.2 cm³/mol. The minimum absolute atomic E-state index is 0.0821. The van der Waals surface area contributed by atoms with Gasteiger partial charge >= 0.3 is 0 Å². The van der Waals surface area contributed by atoms with Gasteiger partial charge in [-0.2, -0.15) is 0 Å². The van der Waals surface area contributed by atoms with E-state index in [4.69, 9.17) is 15.2 Å². The Bertz CT molecular complexity index is 222. The summed E-state index contributed by atoms with van der Waals surface area (Å²) in [6.45, 7) is 10.6. The molecule has 0 saturated carbocycles. The van der Waals surface area contributed by atoms with Gasteiger partial charge in [0.25, 0.3) is 0 Å². The fraction of sp³-hybridized carbons (Fsp3) is 1.00. The number of unbranched alkanes of at least 4 members (excludes halogenated alkanes) is 1. The topological polar surface area (TPSA) is 47.7 Å². The van der Waals surface area contributed by atoms with Crippen LogP contribution in [-0.4, -0.2) is 50.1 Å². The summed E-state index contributed by atoms with van der Waals surface area (Å²) in [5.74, 6) is 0. The maximum absolute atomic E-state index is 6.08. The Morgan fingerprint density at radius 3 is 2.16 bits per heavy atom. The molecule has 0 heterocycles. The van der Waals surface area contributed by atoms with E-state index >= 15 is 0 Å². The SMILES string of the molecule is CCCCN(C(C)CC)C(C)(CN)CC(OC)OC. The van der Waals surface area contributed by atoms with Gasteiger partial charge in [0.15, 0.2) is 6.29 Å². The Morgan fingerprint density at radius 1 is 1.21 bits per heavy atom. The highest BCUT2D eigenvalue weighted by Gasteiger charge is 2.35. The van der Waals surface area contributed by atoms with Crippen LogP contribution < -0.4 is 5.73 Å². The highest BCUT2D eigenvalue weighted by atomic mass is 16.7. The standard InChI is InChI=1S/C15H34N2O2/c1-7-9-10-17(13(3)8-2)15(4,12-16)11-14(18-5)19-6/h13-14H,7-12,16H2,1-6H3. The molecule has 4 nitrogen and oxygen atoms in total. The van der Waals surface area contributed by atoms with Crippen molar-refractivity contribution in [2.45, 2.75) is 71.2 Å². The summed E-state index contributed by atoms with van der Waals surface area (Å²) in [5.41, 5.74) is 6.00. The van der Waals surface area contributed by atoms with Crippen molar-refractivity contribution in [3.8, 4) is 0 Å². The first kappa shape index (κ1) is 18.8. The molecule has 2 unspecified atom stereocenters. The van der Waals surface area contributed by atoms with Crippen molar-refractivity contribution in [3.05, 3.63) is 0 Å². The van der Waals surface area contributed by atoms with E-state index in [-0.39, 0.29) is 11.8 Å². The van der Waals surface area contributed by atoms with Crippen molar-refractivity contribution in [2.75, 3.05) is 27.3 Å². The first-order valence-corrected chi connectivity index (χ1v) is 7.51. The van der Waals surface area contributed by atoms with Gasteiger partial charge in [0.1, 0.15) is 0 Å². The molecule has 0 aromatic heterocycles. The van der Waals surface area contributed by atoms with E-state index in [1.54, 1.807) is 14.2 Å². The highest BCUT2D eigenvalue weighted by molar-refractivity contribution is 4.91. The van der Waals surface area contributed by atoms with Gasteiger partial charge in [-0.25, -0.2) is 0 Å². The molecular formula is C15H34N2O2. The molecule has 0 aromatic carbocycles. The van der Waals surface area contributed by atoms with Crippen LogP contribution in [0.25, 0.3) is 0 Å². The van der Waals surface area contributed by atoms with E-state index in [0.29, 0.717) is 12.6 Å². The number of methoxy groups -OCH3 is 2. The van der Waals surface area contributed by atoms with Crippen molar-refractivity contribution in [1.82, 2.24) is 4.90 Å². The zero-order valence-electron chi connectivity index (χ0n) is 13.7. The van der Waals surface area contributed by atoms with Crippen molar-refractivity contribution in [2.24, 2.45) is 5.73 Å². The lowest BCUT2D eigenvalue weighted by molar-refractivity contribution is -0.131. The molecule has 4 heteroatoms. The van der Waals surface area contributed by atoms with Gasteiger partial charge in [0.2, 0.25) is 0 Å². The first-order valence-electron chi connectivity index (χ1n) is 7.51. The second-order valence-electron chi connectivity index (χ2n) is 5.61. The van der Waals surface area contributed by atoms with Crippen molar-refractivity contribution >= 4 is 0 Å². The number of hydrogen-bond acceptors (Lipinski definition) is 4. The van der Waals surface area contributed by atoms with Crippen LogP contribution in [0.1, 0.15) is 53.4 Å². The van der Waals surface area contributed by atoms with Crippen LogP contribution in [-0.2, 0) is 9.47 Å². The van der Waals surface area contributed by atoms with Gasteiger partial charge < -0.3 is 15.2 Å². The average molecular weight is 274 g/mol. The first-order chi connectivity index (χ1) is 8.98. The molecule has 0 bridgehead atoms. The fourth-order valence-electron chi connectivity index (χ4n) is 2.51. The molecule has 0 fully saturated rings. The number of rotatable bonds is 11. The molecule has 0 amide bonds. The van der Waals surface area contributed by atoms with Gasteiger partial charge in [-0.15, -0.1) is 0 Å². The molecule has 0 aromatic rings. The van der Waals surface area contributed by atoms with Crippen LogP contribution in [0, 0.1) is 0 Å². The van der Waals surface area contributed by atoms with Gasteiger partial charge in [-0.1, -0.05) is 20.3 Å². The van der Waals surface area contributed by atoms with Gasteiger partial charge in [-0.3, -0.25) is 4.90 Å². The van der Waals surface area contributed by atoms with Crippen LogP contribution >= 0.6 is 0 Å². The van der Waals surface area contributed by atoms with Gasteiger partial charge in [-0.05, 0) is 33.2 Å². The molecular weight excluding hydrogens is 240 g/mol. The van der Waals surface area contributed by atoms with Crippen LogP contribution in [0.5, 0.6) is 0 Å². The Labute approximate surface area is 119 Å². The molecule has 19 heavy (non-hydrogen) atoms. The molecule has 2 atom stereocenters. The van der Waals surface area contributed by atoms with Crippen LogP contribution in [0.3, 0.4) is 0 Å². The largest absolute Gasteiger partial charge is 0.356 e. The summed E-state index contributed by atoms with van der Waals surface area (Å²) < 4.78 is 10.7. The monoisotopic (exact) mass is 274 g/mol.